The molecule has 2 aliphatic heterocycles. The van der Waals surface area contributed by atoms with E-state index in [1.54, 1.807) is 17.2 Å². The van der Waals surface area contributed by atoms with Crippen molar-refractivity contribution >= 4 is 11.8 Å². The summed E-state index contributed by atoms with van der Waals surface area (Å²) in [6.45, 7) is 3.80. The zero-order valence-corrected chi connectivity index (χ0v) is 16.0. The first-order chi connectivity index (χ1) is 13.5. The third kappa shape index (κ3) is 3.53. The van der Waals surface area contributed by atoms with Crippen molar-refractivity contribution in [2.45, 2.75) is 44.6 Å². The normalized spacial score (nSPS) is 19.3. The third-order valence-corrected chi connectivity index (χ3v) is 5.95. The summed E-state index contributed by atoms with van der Waals surface area (Å²) < 4.78 is 13.6. The number of benzene rings is 1. The number of likely N-dealkylation sites (tertiary alicyclic amines) is 2. The minimum atomic E-state index is -0.387. The SMILES string of the molecule is C[C@H](C(=O)N1CCC(c2[nH]ncc2-c2cccc(F)c2)CC1)N1CCCC1=O. The number of aromatic nitrogens is 2. The van der Waals surface area contributed by atoms with Crippen LogP contribution in [-0.4, -0.2) is 57.5 Å². The number of H-pyrrole nitrogens is 1. The number of nitrogens with zero attached hydrogens (tertiary/aromatic N) is 3. The van der Waals surface area contributed by atoms with Crippen molar-refractivity contribution in [3.8, 4) is 11.1 Å². The van der Waals surface area contributed by atoms with Gasteiger partial charge in [-0.1, -0.05) is 12.1 Å². The molecule has 1 aromatic carbocycles. The summed E-state index contributed by atoms with van der Waals surface area (Å²) in [6.07, 6.45) is 4.75. The highest BCUT2D eigenvalue weighted by Crippen LogP contribution is 2.34. The summed E-state index contributed by atoms with van der Waals surface area (Å²) in [5.74, 6) is 0.0839. The van der Waals surface area contributed by atoms with Gasteiger partial charge in [-0.05, 0) is 43.9 Å². The van der Waals surface area contributed by atoms with E-state index < -0.39 is 0 Å². The number of carbonyl (C=O) groups is 2. The van der Waals surface area contributed by atoms with Crippen LogP contribution >= 0.6 is 0 Å². The first-order valence-electron chi connectivity index (χ1n) is 9.92. The fourth-order valence-corrected chi connectivity index (χ4v) is 4.36. The molecule has 2 fully saturated rings. The molecule has 0 saturated carbocycles. The lowest BCUT2D eigenvalue weighted by Crippen LogP contribution is -2.49. The topological polar surface area (TPSA) is 69.3 Å². The van der Waals surface area contributed by atoms with Crippen molar-refractivity contribution in [1.82, 2.24) is 20.0 Å². The highest BCUT2D eigenvalue weighted by molar-refractivity contribution is 5.88. The fraction of sp³-hybridized carbons (Fsp3) is 0.476. The van der Waals surface area contributed by atoms with Crippen molar-refractivity contribution < 1.29 is 14.0 Å². The molecule has 0 unspecified atom stereocenters. The second kappa shape index (κ2) is 7.73. The zero-order valence-electron chi connectivity index (χ0n) is 16.0. The number of amides is 2. The molecule has 1 atom stereocenters. The third-order valence-electron chi connectivity index (χ3n) is 5.95. The molecule has 3 heterocycles. The number of aromatic amines is 1. The van der Waals surface area contributed by atoms with E-state index in [0.717, 1.165) is 36.1 Å². The maximum atomic E-state index is 13.6. The summed E-state index contributed by atoms with van der Waals surface area (Å²) >= 11 is 0. The number of nitrogens with one attached hydrogen (secondary N) is 1. The monoisotopic (exact) mass is 384 g/mol. The van der Waals surface area contributed by atoms with E-state index in [9.17, 15) is 14.0 Å². The minimum absolute atomic E-state index is 0.0312. The first kappa shape index (κ1) is 18.7. The van der Waals surface area contributed by atoms with E-state index in [1.807, 2.05) is 17.9 Å². The predicted octanol–water partition coefficient (Wildman–Crippen LogP) is 2.93. The van der Waals surface area contributed by atoms with E-state index in [2.05, 4.69) is 10.2 Å². The molecule has 6 nitrogen and oxygen atoms in total. The van der Waals surface area contributed by atoms with Crippen LogP contribution in [0.25, 0.3) is 11.1 Å². The van der Waals surface area contributed by atoms with Gasteiger partial charge in [-0.2, -0.15) is 5.10 Å². The van der Waals surface area contributed by atoms with Gasteiger partial charge >= 0.3 is 0 Å². The van der Waals surface area contributed by atoms with Gasteiger partial charge in [0.2, 0.25) is 11.8 Å². The smallest absolute Gasteiger partial charge is 0.245 e. The maximum Gasteiger partial charge on any atom is 0.245 e. The average molecular weight is 384 g/mol. The Labute approximate surface area is 163 Å². The van der Waals surface area contributed by atoms with Gasteiger partial charge in [0.25, 0.3) is 0 Å². The molecule has 2 aromatic rings. The number of rotatable bonds is 4. The first-order valence-corrected chi connectivity index (χ1v) is 9.92. The number of hydrogen-bond donors (Lipinski definition) is 1. The quantitative estimate of drug-likeness (QED) is 0.881. The average Bonchev–Trinajstić information content (AvgIpc) is 3.36. The van der Waals surface area contributed by atoms with Crippen molar-refractivity contribution in [2.24, 2.45) is 0 Å². The summed E-state index contributed by atoms with van der Waals surface area (Å²) in [6, 6.07) is 6.14. The molecular weight excluding hydrogens is 359 g/mol. The Balaban J connectivity index is 1.42. The Hall–Kier alpha value is -2.70. The zero-order chi connectivity index (χ0) is 19.7. The van der Waals surface area contributed by atoms with Gasteiger partial charge in [-0.3, -0.25) is 14.7 Å². The minimum Gasteiger partial charge on any atom is -0.341 e. The fourth-order valence-electron chi connectivity index (χ4n) is 4.36. The van der Waals surface area contributed by atoms with Crippen LogP contribution in [0.2, 0.25) is 0 Å². The Kier molecular flexibility index (Phi) is 5.15. The van der Waals surface area contributed by atoms with Gasteiger partial charge in [0.1, 0.15) is 11.9 Å². The molecule has 0 aliphatic carbocycles. The highest BCUT2D eigenvalue weighted by atomic mass is 19.1. The van der Waals surface area contributed by atoms with Crippen LogP contribution in [0, 0.1) is 5.82 Å². The lowest BCUT2D eigenvalue weighted by Gasteiger charge is -2.35. The molecular formula is C21H25FN4O2. The van der Waals surface area contributed by atoms with E-state index >= 15 is 0 Å². The molecule has 4 rings (SSSR count). The molecule has 1 N–H and O–H groups in total. The maximum absolute atomic E-state index is 13.6. The summed E-state index contributed by atoms with van der Waals surface area (Å²) in [5, 5.41) is 7.26. The molecule has 2 saturated heterocycles. The van der Waals surface area contributed by atoms with E-state index in [4.69, 9.17) is 0 Å². The number of hydrogen-bond acceptors (Lipinski definition) is 3. The predicted molar refractivity (Wildman–Crippen MR) is 103 cm³/mol. The Morgan fingerprint density at radius 3 is 2.75 bits per heavy atom. The van der Waals surface area contributed by atoms with Gasteiger partial charge < -0.3 is 9.80 Å². The van der Waals surface area contributed by atoms with Gasteiger partial charge in [0.05, 0.1) is 6.20 Å². The standard InChI is InChI=1S/C21H25FN4O2/c1-14(26-9-3-6-19(26)27)21(28)25-10-7-15(8-11-25)20-18(13-23-24-20)16-4-2-5-17(22)12-16/h2,4-5,12-15H,3,6-11H2,1H3,(H,23,24)/t14-/m1/s1. The van der Waals surface area contributed by atoms with Crippen LogP contribution < -0.4 is 0 Å². The lowest BCUT2D eigenvalue weighted by molar-refractivity contribution is -0.143. The molecule has 0 spiro atoms. The van der Waals surface area contributed by atoms with Crippen LogP contribution in [0.5, 0.6) is 0 Å². The van der Waals surface area contributed by atoms with Crippen molar-refractivity contribution in [3.05, 3.63) is 42.0 Å². The van der Waals surface area contributed by atoms with Crippen molar-refractivity contribution in [3.63, 3.8) is 0 Å². The molecule has 28 heavy (non-hydrogen) atoms. The van der Waals surface area contributed by atoms with Crippen LogP contribution in [-0.2, 0) is 9.59 Å². The van der Waals surface area contributed by atoms with Crippen LogP contribution in [0.4, 0.5) is 4.39 Å². The molecule has 148 valence electrons. The summed E-state index contributed by atoms with van der Waals surface area (Å²) in [4.78, 5) is 28.3. The Morgan fingerprint density at radius 1 is 1.29 bits per heavy atom. The number of carbonyl (C=O) groups excluding carboxylic acids is 2. The van der Waals surface area contributed by atoms with Crippen molar-refractivity contribution in [2.75, 3.05) is 19.6 Å². The van der Waals surface area contributed by atoms with Crippen LogP contribution in [0.1, 0.15) is 44.2 Å². The van der Waals surface area contributed by atoms with E-state index in [0.29, 0.717) is 26.1 Å². The van der Waals surface area contributed by atoms with Gasteiger partial charge in [-0.25, -0.2) is 4.39 Å². The van der Waals surface area contributed by atoms with Gasteiger partial charge in [-0.15, -0.1) is 0 Å². The second-order valence-corrected chi connectivity index (χ2v) is 7.67. The van der Waals surface area contributed by atoms with Crippen LogP contribution in [0.15, 0.2) is 30.5 Å². The molecule has 0 bridgehead atoms. The van der Waals surface area contributed by atoms with E-state index in [1.165, 1.54) is 12.1 Å². The van der Waals surface area contributed by atoms with E-state index in [-0.39, 0.29) is 29.6 Å². The Morgan fingerprint density at radius 2 is 2.07 bits per heavy atom. The molecule has 0 radical (unpaired) electrons. The summed E-state index contributed by atoms with van der Waals surface area (Å²) in [7, 11) is 0. The summed E-state index contributed by atoms with van der Waals surface area (Å²) in [5.41, 5.74) is 2.73. The highest BCUT2D eigenvalue weighted by Gasteiger charge is 2.34. The van der Waals surface area contributed by atoms with Crippen molar-refractivity contribution in [1.29, 1.82) is 0 Å². The van der Waals surface area contributed by atoms with Gasteiger partial charge in [0, 0.05) is 43.2 Å². The second-order valence-electron chi connectivity index (χ2n) is 7.67. The Bertz CT molecular complexity index is 873. The number of halogens is 1. The molecule has 7 heteroatoms. The molecule has 2 aliphatic rings. The van der Waals surface area contributed by atoms with Gasteiger partial charge in [0.15, 0.2) is 0 Å². The van der Waals surface area contributed by atoms with Crippen LogP contribution in [0.3, 0.4) is 0 Å². The molecule has 1 aromatic heterocycles. The lowest BCUT2D eigenvalue weighted by atomic mass is 9.89. The number of piperidine rings is 1. The largest absolute Gasteiger partial charge is 0.341 e. The molecule has 2 amide bonds.